The predicted molar refractivity (Wildman–Crippen MR) is 154 cm³/mol. The van der Waals surface area contributed by atoms with E-state index in [4.69, 9.17) is 10.5 Å². The molecule has 8 aliphatic rings. The van der Waals surface area contributed by atoms with Crippen molar-refractivity contribution in [2.45, 2.75) is 95.6 Å². The fourth-order valence-electron chi connectivity index (χ4n) is 8.65. The van der Waals surface area contributed by atoms with Crippen molar-refractivity contribution >= 4 is 0 Å². The number of piperidine rings is 3. The van der Waals surface area contributed by atoms with Crippen LogP contribution >= 0.6 is 0 Å². The number of rotatable bonds is 1. The van der Waals surface area contributed by atoms with Crippen molar-refractivity contribution < 1.29 is 4.74 Å². The maximum Gasteiger partial charge on any atom is 0.0706 e. The van der Waals surface area contributed by atoms with Gasteiger partial charge in [0, 0.05) is 32.3 Å². The fourth-order valence-corrected chi connectivity index (χ4v) is 8.65. The Bertz CT molecular complexity index is 629. The minimum atomic E-state index is 0.295. The van der Waals surface area contributed by atoms with Gasteiger partial charge >= 0.3 is 0 Å². The van der Waals surface area contributed by atoms with E-state index in [2.05, 4.69) is 34.8 Å². The van der Waals surface area contributed by atoms with E-state index in [0.29, 0.717) is 11.6 Å². The summed E-state index contributed by atoms with van der Waals surface area (Å²) in [5.74, 6) is 5.00. The Morgan fingerprint density at radius 1 is 0.757 bits per heavy atom. The van der Waals surface area contributed by atoms with Gasteiger partial charge in [-0.1, -0.05) is 32.6 Å². The van der Waals surface area contributed by atoms with E-state index < -0.39 is 0 Å². The molecule has 5 saturated heterocycles. The van der Waals surface area contributed by atoms with Crippen molar-refractivity contribution in [3.8, 4) is 0 Å². The normalized spacial score (nSPS) is 40.3. The number of hydrogen-bond donors (Lipinski definition) is 4. The molecule has 37 heavy (non-hydrogen) atoms. The lowest BCUT2D eigenvalue weighted by molar-refractivity contribution is -0.0952. The molecule has 3 aliphatic carbocycles. The second-order valence-corrected chi connectivity index (χ2v) is 13.9. The molecule has 6 heteroatoms. The van der Waals surface area contributed by atoms with Crippen LogP contribution in [0.2, 0.25) is 0 Å². The van der Waals surface area contributed by atoms with Gasteiger partial charge < -0.3 is 31.3 Å². The third-order valence-corrected chi connectivity index (χ3v) is 11.4. The Morgan fingerprint density at radius 2 is 1.41 bits per heavy atom. The van der Waals surface area contributed by atoms with Crippen LogP contribution in [0.1, 0.15) is 84.0 Å². The molecule has 2 spiro atoms. The fraction of sp³-hybridized carbons (Fsp3) is 1.00. The van der Waals surface area contributed by atoms with Gasteiger partial charge in [0.25, 0.3) is 0 Å². The molecule has 5 N–H and O–H groups in total. The SMILES string of the molecule is C1CCC2(CC1)CCNC2.C1CCC2(CCNCC2)OC1.CCC1C2CNCC12.CN1CC2C(N)C2C1. The first kappa shape index (κ1) is 28.3. The molecule has 8 rings (SSSR count). The molecule has 8 fully saturated rings. The van der Waals surface area contributed by atoms with Gasteiger partial charge in [0.15, 0.2) is 0 Å². The van der Waals surface area contributed by atoms with Crippen LogP contribution in [0.3, 0.4) is 0 Å². The number of likely N-dealkylation sites (tertiary alicyclic amines) is 1. The lowest BCUT2D eigenvalue weighted by atomic mass is 9.74. The van der Waals surface area contributed by atoms with Crippen LogP contribution in [-0.2, 0) is 4.74 Å². The maximum absolute atomic E-state index is 5.87. The van der Waals surface area contributed by atoms with E-state index in [-0.39, 0.29) is 0 Å². The summed E-state index contributed by atoms with van der Waals surface area (Å²) >= 11 is 0. The standard InChI is InChI=1S/C9H17NO.C9H17N.C7H13N.C6H12N2/c1-2-8-11-9(3-1)4-6-10-7-5-9;1-2-4-9(5-3-1)6-7-10-8-9;1-2-5-6-3-8-4-7(5)6;1-8-2-4-5(3-8)6(4)7/h10H,1-8H2;10H,1-8H2;5-8H,2-4H2,1H3;4-6H,2-3,7H2,1H3. The van der Waals surface area contributed by atoms with E-state index in [1.165, 1.54) is 116 Å². The number of hydrogen-bond acceptors (Lipinski definition) is 6. The molecule has 0 aromatic heterocycles. The van der Waals surface area contributed by atoms with Gasteiger partial charge in [-0.2, -0.15) is 0 Å². The van der Waals surface area contributed by atoms with Crippen molar-refractivity contribution in [1.82, 2.24) is 20.9 Å². The molecular weight excluding hydrogens is 458 g/mol. The first-order valence-corrected chi connectivity index (χ1v) is 16.3. The van der Waals surface area contributed by atoms with E-state index in [9.17, 15) is 0 Å². The van der Waals surface area contributed by atoms with Crippen molar-refractivity contribution in [1.29, 1.82) is 0 Å². The quantitative estimate of drug-likeness (QED) is 0.426. The first-order valence-electron chi connectivity index (χ1n) is 16.3. The lowest BCUT2D eigenvalue weighted by Crippen LogP contribution is -2.45. The maximum atomic E-state index is 5.87. The minimum Gasteiger partial charge on any atom is -0.375 e. The average Bonchev–Trinajstić information content (AvgIpc) is 3.41. The summed E-state index contributed by atoms with van der Waals surface area (Å²) in [7, 11) is 2.17. The topological polar surface area (TPSA) is 74.6 Å². The van der Waals surface area contributed by atoms with Gasteiger partial charge in [-0.05, 0) is 126 Å². The zero-order valence-electron chi connectivity index (χ0n) is 24.2. The summed E-state index contributed by atoms with van der Waals surface area (Å²) < 4.78 is 5.87. The van der Waals surface area contributed by atoms with E-state index >= 15 is 0 Å². The van der Waals surface area contributed by atoms with Crippen LogP contribution in [0.25, 0.3) is 0 Å². The van der Waals surface area contributed by atoms with Crippen LogP contribution in [0.4, 0.5) is 0 Å². The van der Waals surface area contributed by atoms with Crippen LogP contribution in [0, 0.1) is 35.0 Å². The monoisotopic (exact) mass is 517 g/mol. The van der Waals surface area contributed by atoms with Gasteiger partial charge in [-0.15, -0.1) is 0 Å². The average molecular weight is 518 g/mol. The number of nitrogens with zero attached hydrogens (tertiary/aromatic N) is 1. The van der Waals surface area contributed by atoms with Crippen LogP contribution < -0.4 is 21.7 Å². The second kappa shape index (κ2) is 13.0. The van der Waals surface area contributed by atoms with Gasteiger partial charge in [0.05, 0.1) is 5.60 Å². The van der Waals surface area contributed by atoms with Gasteiger partial charge in [0.1, 0.15) is 0 Å². The highest BCUT2D eigenvalue weighted by atomic mass is 16.5. The van der Waals surface area contributed by atoms with Crippen molar-refractivity contribution in [2.24, 2.45) is 40.7 Å². The molecule has 0 aromatic carbocycles. The minimum absolute atomic E-state index is 0.295. The highest BCUT2D eigenvalue weighted by molar-refractivity contribution is 5.07. The molecule has 4 atom stereocenters. The summed E-state index contributed by atoms with van der Waals surface area (Å²) in [5, 5.41) is 10.2. The molecule has 0 amide bonds. The Morgan fingerprint density at radius 3 is 1.92 bits per heavy atom. The molecule has 0 radical (unpaired) electrons. The molecular formula is C31H59N5O. The molecule has 3 saturated carbocycles. The summed E-state index contributed by atoms with van der Waals surface area (Å²) in [6, 6.07) is 0.561. The molecule has 0 aromatic rings. The van der Waals surface area contributed by atoms with Crippen molar-refractivity contribution in [2.75, 3.05) is 66.0 Å². The van der Waals surface area contributed by atoms with Crippen molar-refractivity contribution in [3.05, 3.63) is 0 Å². The molecule has 5 aliphatic heterocycles. The zero-order valence-corrected chi connectivity index (χ0v) is 24.2. The molecule has 214 valence electrons. The molecule has 0 bridgehead atoms. The number of nitrogens with two attached hydrogens (primary N) is 1. The Kier molecular flexibility index (Phi) is 9.90. The first-order chi connectivity index (χ1) is 18.0. The second-order valence-electron chi connectivity index (χ2n) is 13.9. The third-order valence-electron chi connectivity index (χ3n) is 11.4. The smallest absolute Gasteiger partial charge is 0.0706 e. The summed E-state index contributed by atoms with van der Waals surface area (Å²) in [6.45, 7) is 13.3. The lowest BCUT2D eigenvalue weighted by Gasteiger charge is -2.40. The van der Waals surface area contributed by atoms with Crippen LogP contribution in [0.5, 0.6) is 0 Å². The van der Waals surface area contributed by atoms with E-state index in [1.54, 1.807) is 0 Å². The van der Waals surface area contributed by atoms with Crippen molar-refractivity contribution in [3.63, 3.8) is 0 Å². The predicted octanol–water partition coefficient (Wildman–Crippen LogP) is 3.61. The number of fused-ring (bicyclic) bond motifs is 2. The largest absolute Gasteiger partial charge is 0.375 e. The Labute approximate surface area is 228 Å². The van der Waals surface area contributed by atoms with Gasteiger partial charge in [-0.25, -0.2) is 0 Å². The Balaban J connectivity index is 0.000000102. The van der Waals surface area contributed by atoms with E-state index in [0.717, 1.165) is 54.7 Å². The summed E-state index contributed by atoms with van der Waals surface area (Å²) in [5.41, 5.74) is 6.76. The van der Waals surface area contributed by atoms with Gasteiger partial charge in [0.2, 0.25) is 0 Å². The molecule has 5 heterocycles. The molecule has 4 unspecified atom stereocenters. The summed E-state index contributed by atoms with van der Waals surface area (Å²) in [4.78, 5) is 2.36. The zero-order chi connectivity index (χ0) is 25.7. The van der Waals surface area contributed by atoms with Gasteiger partial charge in [-0.3, -0.25) is 0 Å². The Hall–Kier alpha value is -0.240. The van der Waals surface area contributed by atoms with Crippen LogP contribution in [0.15, 0.2) is 0 Å². The van der Waals surface area contributed by atoms with Crippen LogP contribution in [-0.4, -0.2) is 82.6 Å². The third kappa shape index (κ3) is 7.29. The number of nitrogens with one attached hydrogen (secondary N) is 3. The number of ether oxygens (including phenoxy) is 1. The molecule has 6 nitrogen and oxygen atoms in total. The highest BCUT2D eigenvalue weighted by Gasteiger charge is 2.52. The van der Waals surface area contributed by atoms with E-state index in [1.807, 2.05) is 0 Å². The highest BCUT2D eigenvalue weighted by Crippen LogP contribution is 2.50. The summed E-state index contributed by atoms with van der Waals surface area (Å²) in [6.07, 6.45) is 16.7.